The summed E-state index contributed by atoms with van der Waals surface area (Å²) in [4.78, 5) is 25.4. The number of carbonyl (C=O) groups is 2. The zero-order chi connectivity index (χ0) is 15.4. The van der Waals surface area contributed by atoms with Gasteiger partial charge in [-0.15, -0.1) is 0 Å². The van der Waals surface area contributed by atoms with Crippen LogP contribution in [0.4, 0.5) is 10.5 Å². The van der Waals surface area contributed by atoms with Gasteiger partial charge < -0.3 is 15.3 Å². The lowest BCUT2D eigenvalue weighted by molar-refractivity contribution is 0.0696. The average Bonchev–Trinajstić information content (AvgIpc) is 2.48. The highest BCUT2D eigenvalue weighted by atomic mass is 16.4. The Kier molecular flexibility index (Phi) is 4.83. The first-order valence-electron chi connectivity index (χ1n) is 7.45. The second kappa shape index (κ2) is 6.61. The van der Waals surface area contributed by atoms with Crippen LogP contribution >= 0.6 is 0 Å². The van der Waals surface area contributed by atoms with E-state index < -0.39 is 5.97 Å². The molecule has 0 radical (unpaired) electrons. The zero-order valence-corrected chi connectivity index (χ0v) is 12.6. The molecule has 1 atom stereocenters. The number of anilines is 1. The Balaban J connectivity index is 2.16. The molecule has 2 amide bonds. The number of rotatable bonds is 3. The number of carboxylic acid groups (broad SMARTS) is 1. The molecule has 0 bridgehead atoms. The van der Waals surface area contributed by atoms with Crippen molar-refractivity contribution < 1.29 is 14.7 Å². The second-order valence-corrected chi connectivity index (χ2v) is 5.46. The number of amides is 2. The topological polar surface area (TPSA) is 69.6 Å². The molecule has 0 spiro atoms. The third-order valence-electron chi connectivity index (χ3n) is 4.17. The van der Waals surface area contributed by atoms with Crippen LogP contribution in [0.3, 0.4) is 0 Å². The molecule has 1 heterocycles. The number of hydrogen-bond donors (Lipinski definition) is 2. The predicted octanol–water partition coefficient (Wildman–Crippen LogP) is 3.49. The summed E-state index contributed by atoms with van der Waals surface area (Å²) in [7, 11) is 0. The molecule has 21 heavy (non-hydrogen) atoms. The molecular formula is C16H22N2O3. The smallest absolute Gasteiger partial charge is 0.336 e. The van der Waals surface area contributed by atoms with Crippen LogP contribution in [-0.2, 0) is 0 Å². The van der Waals surface area contributed by atoms with Crippen molar-refractivity contribution in [3.63, 3.8) is 0 Å². The first-order chi connectivity index (χ1) is 10.0. The maximum Gasteiger partial charge on any atom is 0.336 e. The number of nitrogens with zero attached hydrogens (tertiary/aromatic N) is 1. The quantitative estimate of drug-likeness (QED) is 0.895. The summed E-state index contributed by atoms with van der Waals surface area (Å²) in [6, 6.07) is 5.08. The molecule has 5 heteroatoms. The molecule has 1 aliphatic rings. The van der Waals surface area contributed by atoms with Gasteiger partial charge in [0, 0.05) is 18.3 Å². The Morgan fingerprint density at radius 1 is 1.38 bits per heavy atom. The molecule has 1 aromatic rings. The lowest BCUT2D eigenvalue weighted by Crippen LogP contribution is -2.45. The first-order valence-corrected chi connectivity index (χ1v) is 7.45. The molecule has 0 aromatic heterocycles. The van der Waals surface area contributed by atoms with Gasteiger partial charge in [0.25, 0.3) is 0 Å². The number of aromatic carboxylic acids is 1. The zero-order valence-electron chi connectivity index (χ0n) is 12.6. The van der Waals surface area contributed by atoms with Gasteiger partial charge in [-0.1, -0.05) is 13.0 Å². The highest BCUT2D eigenvalue weighted by Gasteiger charge is 2.25. The number of likely N-dealkylation sites (tertiary alicyclic amines) is 1. The van der Waals surface area contributed by atoms with Crippen molar-refractivity contribution in [3.8, 4) is 0 Å². The first kappa shape index (κ1) is 15.4. The van der Waals surface area contributed by atoms with E-state index in [4.69, 9.17) is 5.11 Å². The van der Waals surface area contributed by atoms with Gasteiger partial charge in [0.1, 0.15) is 0 Å². The number of carbonyl (C=O) groups excluding carboxylic acids is 1. The molecule has 2 rings (SSSR count). The Hall–Kier alpha value is -2.04. The fourth-order valence-electron chi connectivity index (χ4n) is 2.88. The molecule has 5 nitrogen and oxygen atoms in total. The van der Waals surface area contributed by atoms with E-state index in [2.05, 4.69) is 12.2 Å². The van der Waals surface area contributed by atoms with E-state index >= 15 is 0 Å². The average molecular weight is 290 g/mol. The van der Waals surface area contributed by atoms with Crippen LogP contribution in [0.5, 0.6) is 0 Å². The van der Waals surface area contributed by atoms with E-state index in [1.54, 1.807) is 25.1 Å². The van der Waals surface area contributed by atoms with Gasteiger partial charge in [-0.05, 0) is 50.3 Å². The fraction of sp³-hybridized carbons (Fsp3) is 0.500. The Morgan fingerprint density at radius 2 is 2.14 bits per heavy atom. The SMILES string of the molecule is CCC1CCCCN1C(=O)Nc1cccc(C(=O)O)c1C. The van der Waals surface area contributed by atoms with Crippen molar-refractivity contribution in [2.24, 2.45) is 0 Å². The van der Waals surface area contributed by atoms with Gasteiger partial charge >= 0.3 is 12.0 Å². The highest BCUT2D eigenvalue weighted by molar-refractivity contribution is 5.95. The van der Waals surface area contributed by atoms with Crippen molar-refractivity contribution in [1.29, 1.82) is 0 Å². The van der Waals surface area contributed by atoms with Crippen LogP contribution in [0.2, 0.25) is 0 Å². The summed E-state index contributed by atoms with van der Waals surface area (Å²) in [6.07, 6.45) is 4.17. The molecule has 1 fully saturated rings. The Labute approximate surface area is 125 Å². The number of hydrogen-bond acceptors (Lipinski definition) is 2. The monoisotopic (exact) mass is 290 g/mol. The van der Waals surface area contributed by atoms with Crippen molar-refractivity contribution in [1.82, 2.24) is 4.90 Å². The van der Waals surface area contributed by atoms with Crippen LogP contribution in [0.1, 0.15) is 48.5 Å². The standard InChI is InChI=1S/C16H22N2O3/c1-3-12-7-4-5-10-18(12)16(21)17-14-9-6-8-13(11(14)2)15(19)20/h6,8-9,12H,3-5,7,10H2,1-2H3,(H,17,21)(H,19,20). The normalized spacial score (nSPS) is 18.4. The van der Waals surface area contributed by atoms with Crippen LogP contribution in [0, 0.1) is 6.92 Å². The summed E-state index contributed by atoms with van der Waals surface area (Å²) in [5.41, 5.74) is 1.38. The molecular weight excluding hydrogens is 268 g/mol. The van der Waals surface area contributed by atoms with Gasteiger partial charge in [-0.2, -0.15) is 0 Å². The number of benzene rings is 1. The van der Waals surface area contributed by atoms with Gasteiger partial charge in [0.05, 0.1) is 5.56 Å². The van der Waals surface area contributed by atoms with Crippen LogP contribution in [0.25, 0.3) is 0 Å². The Bertz CT molecular complexity index is 542. The molecule has 1 aliphatic heterocycles. The molecule has 1 aromatic carbocycles. The Morgan fingerprint density at radius 3 is 2.81 bits per heavy atom. The number of piperidine rings is 1. The van der Waals surface area contributed by atoms with E-state index in [9.17, 15) is 9.59 Å². The van der Waals surface area contributed by atoms with Gasteiger partial charge in [-0.3, -0.25) is 0 Å². The fourth-order valence-corrected chi connectivity index (χ4v) is 2.88. The third-order valence-corrected chi connectivity index (χ3v) is 4.17. The third kappa shape index (κ3) is 3.35. The van der Waals surface area contributed by atoms with Crippen molar-refractivity contribution >= 4 is 17.7 Å². The summed E-state index contributed by atoms with van der Waals surface area (Å²) in [6.45, 7) is 4.57. The summed E-state index contributed by atoms with van der Waals surface area (Å²) in [5, 5.41) is 12.0. The number of nitrogens with one attached hydrogen (secondary N) is 1. The highest BCUT2D eigenvalue weighted by Crippen LogP contribution is 2.23. The molecule has 114 valence electrons. The largest absolute Gasteiger partial charge is 0.478 e. The number of carboxylic acids is 1. The molecule has 0 saturated carbocycles. The molecule has 0 aliphatic carbocycles. The lowest BCUT2D eigenvalue weighted by Gasteiger charge is -2.35. The van der Waals surface area contributed by atoms with E-state index in [1.165, 1.54) is 0 Å². The van der Waals surface area contributed by atoms with E-state index in [0.29, 0.717) is 11.3 Å². The minimum absolute atomic E-state index is 0.132. The van der Waals surface area contributed by atoms with Gasteiger partial charge in [0.15, 0.2) is 0 Å². The van der Waals surface area contributed by atoms with E-state index in [1.807, 2.05) is 4.90 Å². The second-order valence-electron chi connectivity index (χ2n) is 5.46. The van der Waals surface area contributed by atoms with Crippen molar-refractivity contribution in [2.75, 3.05) is 11.9 Å². The predicted molar refractivity (Wildman–Crippen MR) is 81.8 cm³/mol. The number of urea groups is 1. The summed E-state index contributed by atoms with van der Waals surface area (Å²) < 4.78 is 0. The van der Waals surface area contributed by atoms with Crippen molar-refractivity contribution in [2.45, 2.75) is 45.6 Å². The summed E-state index contributed by atoms with van der Waals surface area (Å²) in [5.74, 6) is -0.979. The summed E-state index contributed by atoms with van der Waals surface area (Å²) >= 11 is 0. The van der Waals surface area contributed by atoms with Crippen LogP contribution in [-0.4, -0.2) is 34.6 Å². The maximum absolute atomic E-state index is 12.4. The molecule has 1 unspecified atom stereocenters. The van der Waals surface area contributed by atoms with E-state index in [-0.39, 0.29) is 17.6 Å². The van der Waals surface area contributed by atoms with Crippen LogP contribution in [0.15, 0.2) is 18.2 Å². The minimum Gasteiger partial charge on any atom is -0.478 e. The maximum atomic E-state index is 12.4. The molecule has 1 saturated heterocycles. The van der Waals surface area contributed by atoms with Gasteiger partial charge in [0.2, 0.25) is 0 Å². The van der Waals surface area contributed by atoms with E-state index in [0.717, 1.165) is 32.2 Å². The molecule has 2 N–H and O–H groups in total. The lowest BCUT2D eigenvalue weighted by atomic mass is 10.0. The van der Waals surface area contributed by atoms with Crippen molar-refractivity contribution in [3.05, 3.63) is 29.3 Å². The van der Waals surface area contributed by atoms with Gasteiger partial charge in [-0.25, -0.2) is 9.59 Å². The minimum atomic E-state index is -0.979. The van der Waals surface area contributed by atoms with Crippen LogP contribution < -0.4 is 5.32 Å².